The summed E-state index contributed by atoms with van der Waals surface area (Å²) in [6, 6.07) is 20.1. The van der Waals surface area contributed by atoms with Gasteiger partial charge in [-0.2, -0.15) is 5.06 Å². The highest BCUT2D eigenvalue weighted by atomic mass is 16.7. The van der Waals surface area contributed by atoms with Crippen molar-refractivity contribution < 1.29 is 4.84 Å². The van der Waals surface area contributed by atoms with E-state index in [0.29, 0.717) is 6.04 Å². The number of nitrogens with zero attached hydrogens (tertiary/aromatic N) is 3. The van der Waals surface area contributed by atoms with E-state index in [1.165, 1.54) is 49.0 Å². The number of fused-ring (bicyclic) bond motifs is 6. The van der Waals surface area contributed by atoms with Crippen LogP contribution in [-0.2, 0) is 17.0 Å². The van der Waals surface area contributed by atoms with Gasteiger partial charge in [-0.3, -0.25) is 4.84 Å². The minimum atomic E-state index is -0.278. The molecule has 1 aromatic heterocycles. The van der Waals surface area contributed by atoms with E-state index in [-0.39, 0.29) is 11.6 Å². The van der Waals surface area contributed by atoms with Crippen molar-refractivity contribution in [2.75, 3.05) is 0 Å². The maximum absolute atomic E-state index is 6.86. The van der Waals surface area contributed by atoms with Crippen molar-refractivity contribution in [3.63, 3.8) is 0 Å². The first-order valence-electron chi connectivity index (χ1n) is 10.3. The van der Waals surface area contributed by atoms with Gasteiger partial charge < -0.3 is 4.57 Å². The van der Waals surface area contributed by atoms with Crippen LogP contribution in [0.25, 0.3) is 11.0 Å². The molecule has 0 spiro atoms. The molecular weight excluding hydrogens is 334 g/mol. The van der Waals surface area contributed by atoms with Crippen LogP contribution in [0, 0.1) is 0 Å². The Balaban J connectivity index is 1.51. The summed E-state index contributed by atoms with van der Waals surface area (Å²) in [5.41, 5.74) is 3.34. The van der Waals surface area contributed by atoms with Crippen molar-refractivity contribution in [3.05, 3.63) is 66.0 Å². The Kier molecular flexibility index (Phi) is 3.47. The highest BCUT2D eigenvalue weighted by molar-refractivity contribution is 5.76. The smallest absolute Gasteiger partial charge is 0.135 e. The molecule has 6 rings (SSSR count). The molecule has 0 radical (unpaired) electrons. The van der Waals surface area contributed by atoms with Crippen molar-refractivity contribution in [2.24, 2.45) is 0 Å². The molecule has 2 fully saturated rings. The van der Waals surface area contributed by atoms with Gasteiger partial charge in [0, 0.05) is 12.5 Å². The number of hydrogen-bond donors (Lipinski definition) is 0. The lowest BCUT2D eigenvalue weighted by Gasteiger charge is -2.33. The molecule has 4 heteroatoms. The second kappa shape index (κ2) is 5.91. The molecule has 27 heavy (non-hydrogen) atoms. The molecule has 0 amide bonds. The van der Waals surface area contributed by atoms with E-state index in [1.807, 2.05) is 0 Å². The van der Waals surface area contributed by atoms with Crippen molar-refractivity contribution in [1.29, 1.82) is 0 Å². The van der Waals surface area contributed by atoms with Gasteiger partial charge >= 0.3 is 0 Å². The topological polar surface area (TPSA) is 30.3 Å². The van der Waals surface area contributed by atoms with Crippen LogP contribution >= 0.6 is 0 Å². The Morgan fingerprint density at radius 1 is 0.926 bits per heavy atom. The highest BCUT2D eigenvalue weighted by Gasteiger charge is 2.54. The Hall–Kier alpha value is -2.17. The predicted molar refractivity (Wildman–Crippen MR) is 105 cm³/mol. The van der Waals surface area contributed by atoms with Crippen molar-refractivity contribution >= 4 is 11.0 Å². The normalized spacial score (nSPS) is 28.5. The Labute approximate surface area is 159 Å². The molecule has 4 nitrogen and oxygen atoms in total. The monoisotopic (exact) mass is 359 g/mol. The SMILES string of the molecule is c1ccc([C@]23C[C@H](c4nc5ccccc5n4C2)N(C2CCCCC2)O3)cc1. The summed E-state index contributed by atoms with van der Waals surface area (Å²) in [4.78, 5) is 11.9. The summed E-state index contributed by atoms with van der Waals surface area (Å²) in [7, 11) is 0. The average molecular weight is 359 g/mol. The number of imidazole rings is 1. The van der Waals surface area contributed by atoms with Gasteiger partial charge in [0.15, 0.2) is 0 Å². The molecule has 1 aliphatic carbocycles. The molecule has 2 aromatic carbocycles. The Bertz CT molecular complexity index is 976. The summed E-state index contributed by atoms with van der Waals surface area (Å²) in [6.07, 6.45) is 7.45. The summed E-state index contributed by atoms with van der Waals surface area (Å²) < 4.78 is 2.42. The van der Waals surface area contributed by atoms with Gasteiger partial charge in [0.25, 0.3) is 0 Å². The Morgan fingerprint density at radius 3 is 2.56 bits per heavy atom. The molecule has 1 saturated carbocycles. The fourth-order valence-corrected chi connectivity index (χ4v) is 5.44. The van der Waals surface area contributed by atoms with Crippen LogP contribution < -0.4 is 0 Å². The third kappa shape index (κ3) is 2.33. The maximum atomic E-state index is 6.86. The van der Waals surface area contributed by atoms with Gasteiger partial charge in [0.2, 0.25) is 0 Å². The van der Waals surface area contributed by atoms with Crippen LogP contribution in [-0.4, -0.2) is 20.7 Å². The molecule has 3 aromatic rings. The van der Waals surface area contributed by atoms with Crippen LogP contribution in [0.3, 0.4) is 0 Å². The van der Waals surface area contributed by atoms with Gasteiger partial charge in [-0.05, 0) is 30.5 Å². The van der Waals surface area contributed by atoms with Crippen LogP contribution in [0.1, 0.15) is 56.0 Å². The molecular formula is C23H25N3O. The van der Waals surface area contributed by atoms with Crippen molar-refractivity contribution in [1.82, 2.24) is 14.6 Å². The molecule has 0 N–H and O–H groups in total. The molecule has 2 aliphatic heterocycles. The number of benzene rings is 2. The fraction of sp³-hybridized carbons (Fsp3) is 0.435. The van der Waals surface area contributed by atoms with Gasteiger partial charge in [-0.1, -0.05) is 61.7 Å². The first-order chi connectivity index (χ1) is 13.3. The van der Waals surface area contributed by atoms with E-state index in [4.69, 9.17) is 9.82 Å². The Morgan fingerprint density at radius 2 is 1.70 bits per heavy atom. The van der Waals surface area contributed by atoms with Gasteiger partial charge in [-0.15, -0.1) is 0 Å². The van der Waals surface area contributed by atoms with Crippen LogP contribution in [0.2, 0.25) is 0 Å². The van der Waals surface area contributed by atoms with Crippen molar-refractivity contribution in [2.45, 2.75) is 62.8 Å². The van der Waals surface area contributed by atoms with E-state index >= 15 is 0 Å². The lowest BCUT2D eigenvalue weighted by atomic mass is 9.85. The largest absolute Gasteiger partial charge is 0.323 e. The first kappa shape index (κ1) is 15.8. The van der Waals surface area contributed by atoms with E-state index in [0.717, 1.165) is 18.5 Å². The third-order valence-electron chi connectivity index (χ3n) is 6.74. The first-order valence-corrected chi connectivity index (χ1v) is 10.3. The fourth-order valence-electron chi connectivity index (χ4n) is 5.44. The summed E-state index contributed by atoms with van der Waals surface area (Å²) in [5, 5.41) is 2.34. The second-order valence-electron chi connectivity index (χ2n) is 8.37. The maximum Gasteiger partial charge on any atom is 0.135 e. The van der Waals surface area contributed by atoms with Crippen LogP contribution in [0.5, 0.6) is 0 Å². The van der Waals surface area contributed by atoms with Gasteiger partial charge in [-0.25, -0.2) is 4.98 Å². The van der Waals surface area contributed by atoms with Gasteiger partial charge in [0.1, 0.15) is 11.4 Å². The van der Waals surface area contributed by atoms with E-state index < -0.39 is 0 Å². The average Bonchev–Trinajstić information content (AvgIpc) is 3.27. The number of hydrogen-bond acceptors (Lipinski definition) is 3. The molecule has 2 bridgehead atoms. The highest BCUT2D eigenvalue weighted by Crippen LogP contribution is 2.53. The third-order valence-corrected chi connectivity index (χ3v) is 6.74. The minimum Gasteiger partial charge on any atom is -0.323 e. The number of hydroxylamine groups is 2. The zero-order valence-corrected chi connectivity index (χ0v) is 15.6. The molecule has 3 aliphatic rings. The van der Waals surface area contributed by atoms with E-state index in [2.05, 4.69) is 64.2 Å². The number of para-hydroxylation sites is 2. The van der Waals surface area contributed by atoms with Gasteiger partial charge in [0.05, 0.1) is 23.6 Å². The molecule has 1 saturated heterocycles. The zero-order chi connectivity index (χ0) is 17.8. The predicted octanol–water partition coefficient (Wildman–Crippen LogP) is 4.96. The second-order valence-corrected chi connectivity index (χ2v) is 8.37. The summed E-state index contributed by atoms with van der Waals surface area (Å²) >= 11 is 0. The lowest BCUT2D eigenvalue weighted by molar-refractivity contribution is -0.235. The number of rotatable bonds is 2. The zero-order valence-electron chi connectivity index (χ0n) is 15.6. The van der Waals surface area contributed by atoms with Crippen LogP contribution in [0.4, 0.5) is 0 Å². The molecule has 138 valence electrons. The summed E-state index contributed by atoms with van der Waals surface area (Å²) in [5.74, 6) is 1.19. The number of aromatic nitrogens is 2. The van der Waals surface area contributed by atoms with Crippen molar-refractivity contribution in [3.8, 4) is 0 Å². The molecule has 3 heterocycles. The van der Waals surface area contributed by atoms with E-state index in [9.17, 15) is 0 Å². The van der Waals surface area contributed by atoms with Crippen LogP contribution in [0.15, 0.2) is 54.6 Å². The minimum absolute atomic E-state index is 0.245. The standard InChI is InChI=1S/C23H25N3O/c1-3-9-17(10-4-1)23-15-21(26(27-23)18-11-5-2-6-12-18)22-24-19-13-7-8-14-20(19)25(22)16-23/h1,3-4,7-10,13-14,18,21H,2,5-6,11-12,15-16H2/t21-,23+/m1/s1. The molecule has 0 unspecified atom stereocenters. The summed E-state index contributed by atoms with van der Waals surface area (Å²) in [6.45, 7) is 0.840. The molecule has 2 atom stereocenters. The van der Waals surface area contributed by atoms with E-state index in [1.54, 1.807) is 0 Å². The lowest BCUT2D eigenvalue weighted by Crippen LogP contribution is -2.36. The quantitative estimate of drug-likeness (QED) is 0.648.